The molecular weight excluding hydrogens is 416 g/mol. The summed E-state index contributed by atoms with van der Waals surface area (Å²) in [4.78, 5) is 12.5. The predicted octanol–water partition coefficient (Wildman–Crippen LogP) is 4.01. The normalized spacial score (nSPS) is 11.0. The molecule has 3 aromatic rings. The minimum absolute atomic E-state index is 0.0103. The van der Waals surface area contributed by atoms with E-state index in [0.29, 0.717) is 40.7 Å². The molecule has 158 valence electrons. The van der Waals surface area contributed by atoms with Crippen LogP contribution in [-0.4, -0.2) is 36.9 Å². The van der Waals surface area contributed by atoms with Gasteiger partial charge in [0.2, 0.25) is 0 Å². The summed E-state index contributed by atoms with van der Waals surface area (Å²) in [6.07, 6.45) is 3.66. The lowest BCUT2D eigenvalue weighted by molar-refractivity contribution is -0.117. The summed E-state index contributed by atoms with van der Waals surface area (Å²) in [6, 6.07) is 14.7. The molecule has 1 aromatic heterocycles. The Morgan fingerprint density at radius 2 is 1.94 bits per heavy atom. The molecule has 31 heavy (non-hydrogen) atoms. The van der Waals surface area contributed by atoms with Crippen molar-refractivity contribution in [1.29, 1.82) is 5.26 Å². The molecule has 0 radical (unpaired) electrons. The number of aromatic nitrogens is 2. The molecule has 2 aromatic carbocycles. The average molecular weight is 437 g/mol. The van der Waals surface area contributed by atoms with Crippen LogP contribution in [0, 0.1) is 11.3 Å². The first-order valence-electron chi connectivity index (χ1n) is 9.46. The number of nitriles is 1. The van der Waals surface area contributed by atoms with Crippen molar-refractivity contribution in [3.05, 3.63) is 70.4 Å². The van der Waals surface area contributed by atoms with Gasteiger partial charge in [-0.05, 0) is 42.3 Å². The monoisotopic (exact) mass is 436 g/mol. The molecule has 0 saturated carbocycles. The lowest BCUT2D eigenvalue weighted by Crippen LogP contribution is -2.26. The van der Waals surface area contributed by atoms with E-state index < -0.39 is 5.91 Å². The molecule has 0 spiro atoms. The van der Waals surface area contributed by atoms with Gasteiger partial charge in [0.25, 0.3) is 5.91 Å². The largest absolute Gasteiger partial charge is 0.493 e. The molecule has 0 aliphatic heterocycles. The number of rotatable bonds is 8. The summed E-state index contributed by atoms with van der Waals surface area (Å²) in [5, 5.41) is 19.8. The number of nitrogens with zero attached hydrogens (tertiary/aromatic N) is 2. The fourth-order valence-corrected chi connectivity index (χ4v) is 3.13. The summed E-state index contributed by atoms with van der Waals surface area (Å²) in [7, 11) is 3.15. The third kappa shape index (κ3) is 5.44. The molecule has 1 heterocycles. The zero-order chi connectivity index (χ0) is 22.2. The van der Waals surface area contributed by atoms with Crippen LogP contribution in [0.15, 0.2) is 54.2 Å². The van der Waals surface area contributed by atoms with Gasteiger partial charge in [-0.25, -0.2) is 0 Å². The van der Waals surface area contributed by atoms with Crippen molar-refractivity contribution in [2.45, 2.75) is 6.42 Å². The van der Waals surface area contributed by atoms with Gasteiger partial charge >= 0.3 is 0 Å². The lowest BCUT2D eigenvalue weighted by Gasteiger charge is -2.10. The number of hydrogen-bond donors (Lipinski definition) is 2. The van der Waals surface area contributed by atoms with Gasteiger partial charge < -0.3 is 14.8 Å². The minimum Gasteiger partial charge on any atom is -0.493 e. The number of carbonyl (C=O) groups is 1. The molecule has 3 rings (SSSR count). The van der Waals surface area contributed by atoms with Gasteiger partial charge in [0.05, 0.1) is 26.1 Å². The van der Waals surface area contributed by atoms with Gasteiger partial charge in [-0.2, -0.15) is 10.4 Å². The summed E-state index contributed by atoms with van der Waals surface area (Å²) in [6.45, 7) is 0.364. The zero-order valence-electron chi connectivity index (χ0n) is 17.1. The molecule has 8 heteroatoms. The molecule has 7 nitrogen and oxygen atoms in total. The van der Waals surface area contributed by atoms with Crippen LogP contribution in [0.25, 0.3) is 17.3 Å². The molecule has 1 amide bonds. The van der Waals surface area contributed by atoms with Crippen LogP contribution < -0.4 is 14.8 Å². The van der Waals surface area contributed by atoms with E-state index in [2.05, 4.69) is 15.5 Å². The number of halogens is 1. The Morgan fingerprint density at radius 3 is 2.61 bits per heavy atom. The number of benzene rings is 2. The highest BCUT2D eigenvalue weighted by atomic mass is 35.5. The van der Waals surface area contributed by atoms with Crippen molar-refractivity contribution >= 4 is 23.6 Å². The van der Waals surface area contributed by atoms with Gasteiger partial charge in [0.15, 0.2) is 11.5 Å². The van der Waals surface area contributed by atoms with E-state index in [1.54, 1.807) is 32.5 Å². The number of ether oxygens (including phenoxy) is 2. The van der Waals surface area contributed by atoms with Crippen LogP contribution in [0.3, 0.4) is 0 Å². The van der Waals surface area contributed by atoms with Gasteiger partial charge in [-0.15, -0.1) is 0 Å². The number of aromatic amines is 1. The molecule has 0 aliphatic rings. The number of methoxy groups -OCH3 is 2. The fraction of sp³-hybridized carbons (Fsp3) is 0.174. The molecule has 0 atom stereocenters. The first-order valence-corrected chi connectivity index (χ1v) is 9.83. The second kappa shape index (κ2) is 10.3. The second-order valence-electron chi connectivity index (χ2n) is 6.57. The summed E-state index contributed by atoms with van der Waals surface area (Å²) < 4.78 is 10.5. The van der Waals surface area contributed by atoms with E-state index in [1.165, 1.54) is 6.08 Å². The third-order valence-electron chi connectivity index (χ3n) is 4.61. The van der Waals surface area contributed by atoms with E-state index in [1.807, 2.05) is 36.4 Å². The summed E-state index contributed by atoms with van der Waals surface area (Å²) in [5.41, 5.74) is 3.14. The van der Waals surface area contributed by atoms with Crippen LogP contribution in [-0.2, 0) is 11.2 Å². The number of nitrogens with one attached hydrogen (secondary N) is 2. The van der Waals surface area contributed by atoms with Gasteiger partial charge in [-0.1, -0.05) is 29.8 Å². The van der Waals surface area contributed by atoms with Crippen LogP contribution in [0.5, 0.6) is 11.5 Å². The number of hydrogen-bond acceptors (Lipinski definition) is 5. The zero-order valence-corrected chi connectivity index (χ0v) is 17.9. The standard InChI is InChI=1S/C23H21ClN4O3/c1-30-20-8-3-15(11-21(20)31-2)9-10-26-23(29)17(13-25)12-18-14-27-28-22(18)16-4-6-19(24)7-5-16/h3-8,11-12,14H,9-10H2,1-2H3,(H,26,29)(H,27,28)/b17-12-. The molecule has 0 fully saturated rings. The average Bonchev–Trinajstić information content (AvgIpc) is 3.25. The maximum absolute atomic E-state index is 12.5. The molecule has 0 saturated heterocycles. The highest BCUT2D eigenvalue weighted by molar-refractivity contribution is 6.30. The summed E-state index contributed by atoms with van der Waals surface area (Å²) in [5.74, 6) is 0.812. The van der Waals surface area contributed by atoms with E-state index >= 15 is 0 Å². The first-order chi connectivity index (χ1) is 15.0. The predicted molar refractivity (Wildman–Crippen MR) is 119 cm³/mol. The van der Waals surface area contributed by atoms with E-state index in [9.17, 15) is 10.1 Å². The van der Waals surface area contributed by atoms with Crippen LogP contribution in [0.1, 0.15) is 11.1 Å². The number of H-pyrrole nitrogens is 1. The molecule has 2 N–H and O–H groups in total. The highest BCUT2D eigenvalue weighted by Gasteiger charge is 2.13. The maximum Gasteiger partial charge on any atom is 0.261 e. The third-order valence-corrected chi connectivity index (χ3v) is 4.87. The maximum atomic E-state index is 12.5. The molecule has 0 bridgehead atoms. The van der Waals surface area contributed by atoms with Crippen molar-refractivity contribution in [2.24, 2.45) is 0 Å². The van der Waals surface area contributed by atoms with Crippen molar-refractivity contribution in [3.63, 3.8) is 0 Å². The van der Waals surface area contributed by atoms with E-state index in [4.69, 9.17) is 21.1 Å². The Labute approximate surface area is 185 Å². The van der Waals surface area contributed by atoms with Crippen molar-refractivity contribution in [2.75, 3.05) is 20.8 Å². The number of carbonyl (C=O) groups excluding carboxylic acids is 1. The van der Waals surface area contributed by atoms with Crippen LogP contribution in [0.2, 0.25) is 5.02 Å². The quantitative estimate of drug-likeness (QED) is 0.410. The van der Waals surface area contributed by atoms with Crippen molar-refractivity contribution in [3.8, 4) is 28.8 Å². The summed E-state index contributed by atoms with van der Waals surface area (Å²) >= 11 is 5.94. The molecular formula is C23H21ClN4O3. The Balaban J connectivity index is 1.68. The van der Waals surface area contributed by atoms with E-state index in [-0.39, 0.29) is 5.57 Å². The first kappa shape index (κ1) is 21.9. The lowest BCUT2D eigenvalue weighted by atomic mass is 10.1. The fourth-order valence-electron chi connectivity index (χ4n) is 3.01. The highest BCUT2D eigenvalue weighted by Crippen LogP contribution is 2.27. The topological polar surface area (TPSA) is 100 Å². The Kier molecular flexibility index (Phi) is 7.31. The number of amides is 1. The second-order valence-corrected chi connectivity index (χ2v) is 7.01. The Bertz CT molecular complexity index is 1130. The van der Waals surface area contributed by atoms with Crippen molar-refractivity contribution in [1.82, 2.24) is 15.5 Å². The SMILES string of the molecule is COc1ccc(CCNC(=O)/C(C#N)=C\c2cn[nH]c2-c2ccc(Cl)cc2)cc1OC. The molecule has 0 aliphatic carbocycles. The smallest absolute Gasteiger partial charge is 0.261 e. The Morgan fingerprint density at radius 1 is 1.19 bits per heavy atom. The van der Waals surface area contributed by atoms with Gasteiger partial charge in [-0.3, -0.25) is 9.89 Å². The van der Waals surface area contributed by atoms with E-state index in [0.717, 1.165) is 11.1 Å². The molecule has 0 unspecified atom stereocenters. The van der Waals surface area contributed by atoms with Crippen molar-refractivity contribution < 1.29 is 14.3 Å². The minimum atomic E-state index is -0.453. The van der Waals surface area contributed by atoms with Crippen LogP contribution >= 0.6 is 11.6 Å². The Hall–Kier alpha value is -3.76. The van der Waals surface area contributed by atoms with Crippen LogP contribution in [0.4, 0.5) is 0 Å². The van der Waals surface area contributed by atoms with Gasteiger partial charge in [0.1, 0.15) is 11.6 Å². The van der Waals surface area contributed by atoms with Gasteiger partial charge in [0, 0.05) is 22.7 Å².